The molecule has 30 heavy (non-hydrogen) atoms. The van der Waals surface area contributed by atoms with Crippen LogP contribution in [-0.2, 0) is 17.8 Å². The maximum absolute atomic E-state index is 12.1. The molecule has 1 aliphatic rings. The van der Waals surface area contributed by atoms with Crippen molar-refractivity contribution in [2.75, 3.05) is 34.0 Å². The highest BCUT2D eigenvalue weighted by Gasteiger charge is 2.13. The standard InChI is InChI=1S/C21H26N4O4.HI/c1-22-21(23-10-9-15-5-8-18-19(11-15)29-14-28-18)25-13-20(26)24-12-16-3-6-17(27-2)7-4-16;/h3-8,11H,9-10,12-14H2,1-2H3,(H,24,26)(H2,22,23,25);1H. The summed E-state index contributed by atoms with van der Waals surface area (Å²) in [5.41, 5.74) is 2.14. The molecule has 0 aliphatic carbocycles. The summed E-state index contributed by atoms with van der Waals surface area (Å²) in [6.45, 7) is 1.54. The number of methoxy groups -OCH3 is 1. The number of aliphatic imine (C=N–C) groups is 1. The van der Waals surface area contributed by atoms with Crippen LogP contribution in [0.2, 0.25) is 0 Å². The first-order chi connectivity index (χ1) is 14.2. The molecule has 0 fully saturated rings. The van der Waals surface area contributed by atoms with Crippen molar-refractivity contribution in [1.82, 2.24) is 16.0 Å². The van der Waals surface area contributed by atoms with Gasteiger partial charge >= 0.3 is 0 Å². The third-order valence-corrected chi connectivity index (χ3v) is 4.43. The van der Waals surface area contributed by atoms with Gasteiger partial charge in [-0.15, -0.1) is 24.0 Å². The fourth-order valence-electron chi connectivity index (χ4n) is 2.81. The van der Waals surface area contributed by atoms with Crippen LogP contribution in [0, 0.1) is 0 Å². The van der Waals surface area contributed by atoms with E-state index in [9.17, 15) is 4.79 Å². The van der Waals surface area contributed by atoms with Gasteiger partial charge in [-0.1, -0.05) is 18.2 Å². The molecule has 1 amide bonds. The molecular formula is C21H27IN4O4. The highest BCUT2D eigenvalue weighted by atomic mass is 127. The lowest BCUT2D eigenvalue weighted by Crippen LogP contribution is -2.43. The number of carbonyl (C=O) groups is 1. The van der Waals surface area contributed by atoms with Gasteiger partial charge in [0.15, 0.2) is 17.5 Å². The predicted molar refractivity (Wildman–Crippen MR) is 126 cm³/mol. The number of fused-ring (bicyclic) bond motifs is 1. The van der Waals surface area contributed by atoms with Crippen LogP contribution in [0.1, 0.15) is 11.1 Å². The van der Waals surface area contributed by atoms with E-state index in [0.717, 1.165) is 34.8 Å². The Labute approximate surface area is 193 Å². The molecule has 0 spiro atoms. The van der Waals surface area contributed by atoms with Crippen LogP contribution in [0.4, 0.5) is 0 Å². The molecule has 0 saturated carbocycles. The molecule has 8 nitrogen and oxygen atoms in total. The van der Waals surface area contributed by atoms with Gasteiger partial charge in [-0.25, -0.2) is 0 Å². The van der Waals surface area contributed by atoms with Gasteiger partial charge in [-0.05, 0) is 41.8 Å². The largest absolute Gasteiger partial charge is 0.497 e. The SMILES string of the molecule is CN=C(NCCc1ccc2c(c1)OCO2)NCC(=O)NCc1ccc(OC)cc1.I. The fourth-order valence-corrected chi connectivity index (χ4v) is 2.81. The van der Waals surface area contributed by atoms with Crippen LogP contribution in [0.25, 0.3) is 0 Å². The van der Waals surface area contributed by atoms with Gasteiger partial charge in [-0.3, -0.25) is 9.79 Å². The minimum atomic E-state index is -0.112. The highest BCUT2D eigenvalue weighted by molar-refractivity contribution is 14.0. The number of nitrogens with one attached hydrogen (secondary N) is 3. The van der Waals surface area contributed by atoms with Gasteiger partial charge < -0.3 is 30.2 Å². The molecule has 2 aromatic rings. The number of guanidine groups is 1. The summed E-state index contributed by atoms with van der Waals surface area (Å²) in [5.74, 6) is 2.81. The van der Waals surface area contributed by atoms with Gasteiger partial charge in [0.2, 0.25) is 12.7 Å². The lowest BCUT2D eigenvalue weighted by atomic mass is 10.1. The lowest BCUT2D eigenvalue weighted by Gasteiger charge is -2.12. The number of nitrogens with zero attached hydrogens (tertiary/aromatic N) is 1. The first-order valence-corrected chi connectivity index (χ1v) is 9.40. The van der Waals surface area contributed by atoms with Gasteiger partial charge in [0.1, 0.15) is 5.75 Å². The first kappa shape index (κ1) is 23.6. The molecular weight excluding hydrogens is 499 g/mol. The molecule has 2 aromatic carbocycles. The molecule has 0 bridgehead atoms. The molecule has 3 rings (SSSR count). The molecule has 1 heterocycles. The van der Waals surface area contributed by atoms with Crippen LogP contribution in [0.15, 0.2) is 47.5 Å². The average molecular weight is 526 g/mol. The van der Waals surface area contributed by atoms with E-state index in [0.29, 0.717) is 19.0 Å². The molecule has 162 valence electrons. The van der Waals surface area contributed by atoms with Crippen molar-refractivity contribution in [1.29, 1.82) is 0 Å². The number of halogens is 1. The summed E-state index contributed by atoms with van der Waals surface area (Å²) in [7, 11) is 3.30. The van der Waals surface area contributed by atoms with Gasteiger partial charge in [0.05, 0.1) is 13.7 Å². The maximum Gasteiger partial charge on any atom is 0.239 e. The molecule has 1 aliphatic heterocycles. The van der Waals surface area contributed by atoms with Crippen molar-refractivity contribution in [2.45, 2.75) is 13.0 Å². The molecule has 0 saturated heterocycles. The molecule has 0 aromatic heterocycles. The van der Waals surface area contributed by atoms with E-state index >= 15 is 0 Å². The van der Waals surface area contributed by atoms with Crippen LogP contribution in [0.3, 0.4) is 0 Å². The summed E-state index contributed by atoms with van der Waals surface area (Å²) >= 11 is 0. The smallest absolute Gasteiger partial charge is 0.239 e. The van der Waals surface area contributed by atoms with E-state index in [1.165, 1.54) is 0 Å². The Balaban J connectivity index is 0.00000320. The van der Waals surface area contributed by atoms with Gasteiger partial charge in [-0.2, -0.15) is 0 Å². The zero-order valence-electron chi connectivity index (χ0n) is 17.1. The summed E-state index contributed by atoms with van der Waals surface area (Å²) < 4.78 is 15.8. The minimum absolute atomic E-state index is 0. The summed E-state index contributed by atoms with van der Waals surface area (Å²) in [6.07, 6.45) is 0.793. The average Bonchev–Trinajstić information content (AvgIpc) is 3.23. The topological polar surface area (TPSA) is 93.2 Å². The monoisotopic (exact) mass is 526 g/mol. The number of rotatable bonds is 8. The third-order valence-electron chi connectivity index (χ3n) is 4.43. The Kier molecular flexibility index (Phi) is 9.52. The normalized spacial score (nSPS) is 12.0. The summed E-state index contributed by atoms with van der Waals surface area (Å²) in [5, 5.41) is 9.09. The van der Waals surface area contributed by atoms with Gasteiger partial charge in [0.25, 0.3) is 0 Å². The van der Waals surface area contributed by atoms with E-state index in [2.05, 4.69) is 20.9 Å². The number of hydrogen-bond acceptors (Lipinski definition) is 5. The molecule has 9 heteroatoms. The van der Waals surface area contributed by atoms with E-state index in [-0.39, 0.29) is 43.2 Å². The Morgan fingerprint density at radius 3 is 2.50 bits per heavy atom. The van der Waals surface area contributed by atoms with Crippen molar-refractivity contribution < 1.29 is 19.0 Å². The Morgan fingerprint density at radius 1 is 1.03 bits per heavy atom. The number of benzene rings is 2. The van der Waals surface area contributed by atoms with Crippen LogP contribution in [-0.4, -0.2) is 45.9 Å². The second-order valence-corrected chi connectivity index (χ2v) is 6.41. The summed E-state index contributed by atoms with van der Waals surface area (Å²) in [6, 6.07) is 13.5. The summed E-state index contributed by atoms with van der Waals surface area (Å²) in [4.78, 5) is 16.2. The Bertz CT molecular complexity index is 859. The van der Waals surface area contributed by atoms with E-state index in [1.54, 1.807) is 14.2 Å². The third kappa shape index (κ3) is 6.97. The number of amides is 1. The van der Waals surface area contributed by atoms with E-state index < -0.39 is 0 Å². The Morgan fingerprint density at radius 2 is 1.77 bits per heavy atom. The predicted octanol–water partition coefficient (Wildman–Crippen LogP) is 2.07. The lowest BCUT2D eigenvalue weighted by molar-refractivity contribution is -0.120. The fraction of sp³-hybridized carbons (Fsp3) is 0.333. The molecule has 0 atom stereocenters. The van der Waals surface area contributed by atoms with Crippen molar-refractivity contribution in [2.24, 2.45) is 4.99 Å². The van der Waals surface area contributed by atoms with Crippen molar-refractivity contribution in [3.05, 3.63) is 53.6 Å². The second-order valence-electron chi connectivity index (χ2n) is 6.41. The van der Waals surface area contributed by atoms with E-state index in [1.807, 2.05) is 42.5 Å². The number of carbonyl (C=O) groups excluding carboxylic acids is 1. The van der Waals surface area contributed by atoms with Crippen LogP contribution in [0.5, 0.6) is 17.2 Å². The maximum atomic E-state index is 12.1. The molecule has 0 radical (unpaired) electrons. The number of ether oxygens (including phenoxy) is 3. The quantitative estimate of drug-likeness (QED) is 0.277. The Hall–Kier alpha value is -2.69. The zero-order chi connectivity index (χ0) is 20.5. The van der Waals surface area contributed by atoms with Crippen molar-refractivity contribution >= 4 is 35.8 Å². The van der Waals surface area contributed by atoms with Crippen LogP contribution >= 0.6 is 24.0 Å². The van der Waals surface area contributed by atoms with Crippen molar-refractivity contribution in [3.8, 4) is 17.2 Å². The van der Waals surface area contributed by atoms with Gasteiger partial charge in [0, 0.05) is 20.1 Å². The van der Waals surface area contributed by atoms with Crippen molar-refractivity contribution in [3.63, 3.8) is 0 Å². The zero-order valence-corrected chi connectivity index (χ0v) is 19.4. The highest BCUT2D eigenvalue weighted by Crippen LogP contribution is 2.32. The van der Waals surface area contributed by atoms with E-state index in [4.69, 9.17) is 14.2 Å². The second kappa shape index (κ2) is 12.1. The first-order valence-electron chi connectivity index (χ1n) is 9.40. The minimum Gasteiger partial charge on any atom is -0.497 e. The van der Waals surface area contributed by atoms with Crippen LogP contribution < -0.4 is 30.2 Å². The molecule has 3 N–H and O–H groups in total. The number of hydrogen-bond donors (Lipinski definition) is 3. The molecule has 0 unspecified atom stereocenters.